The molecule has 0 saturated carbocycles. The van der Waals surface area contributed by atoms with E-state index in [1.165, 1.54) is 16.7 Å². The van der Waals surface area contributed by atoms with Crippen LogP contribution in [0.3, 0.4) is 0 Å². The van der Waals surface area contributed by atoms with Crippen LogP contribution in [0.2, 0.25) is 0 Å². The number of hydrogen-bond donors (Lipinski definition) is 1. The number of fused-ring (bicyclic) bond motifs is 3. The Balaban J connectivity index is 1.20. The average molecular weight is 622 g/mol. The molecule has 2 aromatic heterocycles. The van der Waals surface area contributed by atoms with Crippen molar-refractivity contribution in [1.82, 2.24) is 19.9 Å². The monoisotopic (exact) mass is 621 g/mol. The number of ether oxygens (including phenoxy) is 2. The van der Waals surface area contributed by atoms with E-state index >= 15 is 0 Å². The molecule has 4 aromatic rings. The summed E-state index contributed by atoms with van der Waals surface area (Å²) in [6.07, 6.45) is 9.67. The first-order valence-corrected chi connectivity index (χ1v) is 16.4. The van der Waals surface area contributed by atoms with Gasteiger partial charge in [-0.2, -0.15) is 0 Å². The number of anilines is 1. The fourth-order valence-corrected chi connectivity index (χ4v) is 7.08. The minimum Gasteiger partial charge on any atom is -0.358 e. The number of aromatic nitrogens is 4. The first-order valence-electron chi connectivity index (χ1n) is 16.4. The first-order chi connectivity index (χ1) is 21.6. The van der Waals surface area contributed by atoms with Crippen LogP contribution < -0.4 is 14.4 Å². The molecular weight excluding hydrogens is 574 g/mol. The van der Waals surface area contributed by atoms with Crippen LogP contribution in [0.4, 0.5) is 5.82 Å². The molecule has 1 saturated heterocycles. The van der Waals surface area contributed by atoms with Gasteiger partial charge in [-0.1, -0.05) is 62.8 Å². The second-order valence-corrected chi connectivity index (χ2v) is 15.9. The van der Waals surface area contributed by atoms with Gasteiger partial charge >= 0.3 is 6.03 Å². The molecule has 1 atom stereocenters. The van der Waals surface area contributed by atoms with Crippen molar-refractivity contribution < 1.29 is 18.6 Å². The summed E-state index contributed by atoms with van der Waals surface area (Å²) in [5.41, 5.74) is 8.35. The molecule has 3 aliphatic heterocycles. The molecule has 1 unspecified atom stereocenters. The first kappa shape index (κ1) is 30.4. The van der Waals surface area contributed by atoms with Crippen molar-refractivity contribution in [2.75, 3.05) is 25.0 Å². The Morgan fingerprint density at radius 2 is 1.65 bits per heavy atom. The van der Waals surface area contributed by atoms with Crippen LogP contribution in [0.1, 0.15) is 95.2 Å². The lowest BCUT2D eigenvalue weighted by Gasteiger charge is -2.33. The van der Waals surface area contributed by atoms with Crippen LogP contribution in [0.25, 0.3) is 11.2 Å². The molecule has 7 rings (SSSR count). The molecule has 3 aliphatic rings. The van der Waals surface area contributed by atoms with Crippen LogP contribution in [-0.4, -0.2) is 73.2 Å². The highest BCUT2D eigenvalue weighted by Gasteiger charge is 2.75. The molecule has 2 aromatic carbocycles. The van der Waals surface area contributed by atoms with Crippen molar-refractivity contribution in [3.05, 3.63) is 70.3 Å². The number of hydrogen-bond acceptors (Lipinski definition) is 6. The fourth-order valence-electron chi connectivity index (χ4n) is 7.08. The van der Waals surface area contributed by atoms with Crippen LogP contribution in [0.15, 0.2) is 36.9 Å². The van der Waals surface area contributed by atoms with Gasteiger partial charge in [-0.15, -0.1) is 0 Å². The smallest absolute Gasteiger partial charge is 0.358 e. The minimum absolute atomic E-state index is 0.0225. The molecule has 46 heavy (non-hydrogen) atoms. The van der Waals surface area contributed by atoms with E-state index in [-0.39, 0.29) is 16.4 Å². The van der Waals surface area contributed by atoms with Crippen molar-refractivity contribution in [2.45, 2.75) is 97.6 Å². The van der Waals surface area contributed by atoms with E-state index in [1.807, 2.05) is 0 Å². The molecule has 240 valence electrons. The lowest BCUT2D eigenvalue weighted by Crippen LogP contribution is -2.61. The number of aromatic amines is 1. The SMILES string of the molecule is Cc1cc(CCCN(C)c2ncnc3nc[nH]c23)cc2c1OC13Oc4c(cc(C(C)(C)C)cc4C(C)(C)C)C=[N+]1CC(C)(C)[N+]3=C2. The number of rotatable bonds is 5. The van der Waals surface area contributed by atoms with Crippen LogP contribution in [0.5, 0.6) is 11.5 Å². The van der Waals surface area contributed by atoms with Gasteiger partial charge in [0.2, 0.25) is 12.1 Å². The Kier molecular flexibility index (Phi) is 6.68. The number of aryl methyl sites for hydroxylation is 2. The molecule has 0 bridgehead atoms. The van der Waals surface area contributed by atoms with Gasteiger partial charge in [-0.05, 0) is 59.4 Å². The third-order valence-corrected chi connectivity index (χ3v) is 9.59. The van der Waals surface area contributed by atoms with E-state index in [9.17, 15) is 0 Å². The maximum atomic E-state index is 7.15. The summed E-state index contributed by atoms with van der Waals surface area (Å²) in [6, 6.07) is 8.09. The highest BCUT2D eigenvalue weighted by Crippen LogP contribution is 2.46. The van der Waals surface area contributed by atoms with Crippen LogP contribution in [0, 0.1) is 6.92 Å². The maximum Gasteiger partial charge on any atom is 0.704 e. The standard InChI is InChI=1S/C37H47N7O2/c1-23-14-24(12-11-13-42(10)33-29-32(39-21-38-29)40-22-41-33)15-25-19-44-36(8,9)20-43-18-26-16-27(34(2,3)4)17-28(35(5,6)7)31(26)46-37(43,44)45-30(23)25/h14-19,21-22H,11-13,20H2,1-10H3,(H,38,39,40,41)/q+2. The van der Waals surface area contributed by atoms with Crippen molar-refractivity contribution in [1.29, 1.82) is 0 Å². The zero-order chi connectivity index (χ0) is 32.8. The van der Waals surface area contributed by atoms with Crippen molar-refractivity contribution >= 4 is 29.4 Å². The molecule has 1 N–H and O–H groups in total. The van der Waals surface area contributed by atoms with E-state index in [0.717, 1.165) is 65.5 Å². The number of benzene rings is 2. The summed E-state index contributed by atoms with van der Waals surface area (Å²) in [7, 11) is 2.07. The largest absolute Gasteiger partial charge is 0.704 e. The maximum absolute atomic E-state index is 7.15. The van der Waals surface area contributed by atoms with Gasteiger partial charge in [0.1, 0.15) is 11.8 Å². The summed E-state index contributed by atoms with van der Waals surface area (Å²) in [5, 5.41) is 0. The normalized spacial score (nSPS) is 19.7. The number of H-pyrrole nitrogens is 1. The van der Waals surface area contributed by atoms with Gasteiger partial charge in [0, 0.05) is 33.0 Å². The predicted molar refractivity (Wildman–Crippen MR) is 182 cm³/mol. The summed E-state index contributed by atoms with van der Waals surface area (Å²) in [5.74, 6) is 2.65. The van der Waals surface area contributed by atoms with Crippen LogP contribution >= 0.6 is 0 Å². The Morgan fingerprint density at radius 1 is 0.913 bits per heavy atom. The Labute approximate surface area is 272 Å². The molecule has 0 radical (unpaired) electrons. The van der Waals surface area contributed by atoms with E-state index in [2.05, 4.69) is 140 Å². The Morgan fingerprint density at radius 3 is 2.39 bits per heavy atom. The van der Waals surface area contributed by atoms with E-state index in [0.29, 0.717) is 5.65 Å². The highest BCUT2D eigenvalue weighted by molar-refractivity contribution is 5.85. The fraction of sp³-hybridized carbons (Fsp3) is 0.486. The summed E-state index contributed by atoms with van der Waals surface area (Å²) >= 11 is 0. The number of imidazole rings is 1. The summed E-state index contributed by atoms with van der Waals surface area (Å²) < 4.78 is 18.7. The lowest BCUT2D eigenvalue weighted by atomic mass is 9.79. The van der Waals surface area contributed by atoms with Gasteiger partial charge in [0.15, 0.2) is 35.4 Å². The van der Waals surface area contributed by atoms with E-state index in [4.69, 9.17) is 9.47 Å². The quantitative estimate of drug-likeness (QED) is 0.272. The summed E-state index contributed by atoms with van der Waals surface area (Å²) in [4.78, 5) is 18.4. The topological polar surface area (TPSA) is 82.2 Å². The van der Waals surface area contributed by atoms with Gasteiger partial charge in [-0.25, -0.2) is 15.0 Å². The van der Waals surface area contributed by atoms with Crippen molar-refractivity contribution in [2.24, 2.45) is 0 Å². The highest BCUT2D eigenvalue weighted by atomic mass is 16.7. The molecule has 1 fully saturated rings. The van der Waals surface area contributed by atoms with Gasteiger partial charge < -0.3 is 19.4 Å². The molecular formula is C37H47N7O2+2. The molecule has 0 aliphatic carbocycles. The van der Waals surface area contributed by atoms with Gasteiger partial charge in [0.05, 0.1) is 17.5 Å². The number of nitrogens with one attached hydrogen (secondary N) is 1. The zero-order valence-electron chi connectivity index (χ0n) is 28.9. The van der Waals surface area contributed by atoms with Gasteiger partial charge in [0.25, 0.3) is 0 Å². The van der Waals surface area contributed by atoms with Crippen LogP contribution in [-0.2, 0) is 17.3 Å². The Hall–Kier alpha value is -4.27. The second kappa shape index (κ2) is 10.1. The van der Waals surface area contributed by atoms with Crippen molar-refractivity contribution in [3.63, 3.8) is 0 Å². The molecule has 1 spiro atoms. The Bertz CT molecular complexity index is 1940. The lowest BCUT2D eigenvalue weighted by molar-refractivity contribution is -0.867. The molecule has 0 amide bonds. The molecule has 9 heteroatoms. The summed E-state index contributed by atoms with van der Waals surface area (Å²) in [6.45, 7) is 21.9. The van der Waals surface area contributed by atoms with Gasteiger partial charge in [-0.3, -0.25) is 0 Å². The predicted octanol–water partition coefficient (Wildman–Crippen LogP) is 6.08. The molecule has 5 heterocycles. The second-order valence-electron chi connectivity index (χ2n) is 15.9. The molecule has 9 nitrogen and oxygen atoms in total. The van der Waals surface area contributed by atoms with E-state index < -0.39 is 6.03 Å². The third-order valence-electron chi connectivity index (χ3n) is 9.59. The number of nitrogens with zero attached hydrogens (tertiary/aromatic N) is 6. The minimum atomic E-state index is -1.09. The third kappa shape index (κ3) is 4.86. The van der Waals surface area contributed by atoms with E-state index in [1.54, 1.807) is 12.7 Å². The zero-order valence-corrected chi connectivity index (χ0v) is 28.9. The van der Waals surface area contributed by atoms with Crippen molar-refractivity contribution in [3.8, 4) is 11.5 Å². The average Bonchev–Trinajstić information content (AvgIpc) is 3.53.